The van der Waals surface area contributed by atoms with Gasteiger partial charge in [-0.05, 0) is 0 Å². The molecule has 0 amide bonds. The second-order valence-corrected chi connectivity index (χ2v) is 9.36. The molecule has 1 saturated carbocycles. The first-order chi connectivity index (χ1) is 10.5. The van der Waals surface area contributed by atoms with E-state index in [1.54, 1.807) is 12.1 Å². The molecule has 0 saturated heterocycles. The van der Waals surface area contributed by atoms with Gasteiger partial charge in [0.2, 0.25) is 0 Å². The predicted molar refractivity (Wildman–Crippen MR) is 87.6 cm³/mol. The molecule has 0 aromatic heterocycles. The Kier molecular flexibility index (Phi) is 4.77. The summed E-state index contributed by atoms with van der Waals surface area (Å²) >= 11 is -0.0402. The fourth-order valence-corrected chi connectivity index (χ4v) is 5.43. The van der Waals surface area contributed by atoms with Gasteiger partial charge in [0.25, 0.3) is 0 Å². The van der Waals surface area contributed by atoms with Crippen LogP contribution in [-0.4, -0.2) is 0 Å². The van der Waals surface area contributed by atoms with Crippen LogP contribution in [0.1, 0.15) is 46.5 Å². The van der Waals surface area contributed by atoms with E-state index in [2.05, 4.69) is 35.0 Å². The molecule has 0 unspecified atom stereocenters. The van der Waals surface area contributed by atoms with Gasteiger partial charge in [-0.1, -0.05) is 0 Å². The number of halogens is 2. The maximum absolute atomic E-state index is 13.8. The number of allylic oxidation sites excluding steroid dienone is 1. The van der Waals surface area contributed by atoms with E-state index in [1.807, 2.05) is 6.07 Å². The molecule has 1 aliphatic carbocycles. The van der Waals surface area contributed by atoms with Crippen LogP contribution in [0.2, 0.25) is 0 Å². The Bertz CT molecular complexity index is 691. The molecule has 1 aromatic rings. The van der Waals surface area contributed by atoms with Crippen LogP contribution < -0.4 is 31.6 Å². The predicted octanol–water partition coefficient (Wildman–Crippen LogP) is 1.18. The molecule has 0 radical (unpaired) electrons. The van der Waals surface area contributed by atoms with Crippen molar-refractivity contribution in [3.8, 4) is 0 Å². The molecule has 120 valence electrons. The van der Waals surface area contributed by atoms with E-state index in [9.17, 15) is 4.39 Å². The summed E-state index contributed by atoms with van der Waals surface area (Å²) in [6, 6.07) is 5.30. The summed E-state index contributed by atoms with van der Waals surface area (Å²) in [5.41, 5.74) is 1.86. The Morgan fingerprint density at radius 3 is 2.64 bits per heavy atom. The molecule has 1 heterocycles. The van der Waals surface area contributed by atoms with Crippen molar-refractivity contribution in [2.75, 3.05) is 0 Å². The van der Waals surface area contributed by atoms with Crippen molar-refractivity contribution in [3.05, 3.63) is 44.6 Å². The third-order valence-electron chi connectivity index (χ3n) is 5.78. The third-order valence-corrected chi connectivity index (χ3v) is 7.59. The van der Waals surface area contributed by atoms with Gasteiger partial charge in [0.05, 0.1) is 0 Å². The first kappa shape index (κ1) is 16.2. The van der Waals surface area contributed by atoms with Crippen molar-refractivity contribution in [3.63, 3.8) is 0 Å². The molecule has 0 atom stereocenters. The van der Waals surface area contributed by atoms with E-state index in [-0.39, 0.29) is 27.0 Å². The van der Waals surface area contributed by atoms with Gasteiger partial charge in [0, 0.05) is 0 Å². The van der Waals surface area contributed by atoms with Crippen LogP contribution >= 0.6 is 0 Å². The van der Waals surface area contributed by atoms with Crippen molar-refractivity contribution in [1.29, 1.82) is 0 Å². The van der Waals surface area contributed by atoms with Crippen LogP contribution in [0.15, 0.2) is 28.4 Å². The quantitative estimate of drug-likeness (QED) is 0.642. The number of hydrogen-bond donors (Lipinski definition) is 0. The van der Waals surface area contributed by atoms with Crippen LogP contribution in [0.4, 0.5) is 4.39 Å². The molecule has 0 nitrogen and oxygen atoms in total. The van der Waals surface area contributed by atoms with Gasteiger partial charge >= 0.3 is 144 Å². The summed E-state index contributed by atoms with van der Waals surface area (Å²) in [4.78, 5) is 0. The number of benzene rings is 1. The van der Waals surface area contributed by atoms with Gasteiger partial charge in [0.15, 0.2) is 0 Å². The SMILES string of the molecule is CC(C)C1(C)CCC(C2=c3cc(F)ccc3=C[I-]C=C2)CC1. The Labute approximate surface area is 143 Å². The summed E-state index contributed by atoms with van der Waals surface area (Å²) in [6.07, 6.45) is 7.36. The van der Waals surface area contributed by atoms with Gasteiger partial charge in [-0.15, -0.1) is 0 Å². The average Bonchev–Trinajstić information content (AvgIpc) is 2.70. The van der Waals surface area contributed by atoms with E-state index in [1.165, 1.54) is 36.5 Å². The van der Waals surface area contributed by atoms with E-state index in [0.29, 0.717) is 11.3 Å². The Morgan fingerprint density at radius 1 is 1.23 bits per heavy atom. The van der Waals surface area contributed by atoms with E-state index in [4.69, 9.17) is 0 Å². The average molecular weight is 411 g/mol. The zero-order chi connectivity index (χ0) is 15.7. The first-order valence-corrected chi connectivity index (χ1v) is 10.8. The van der Waals surface area contributed by atoms with E-state index < -0.39 is 0 Å². The van der Waals surface area contributed by atoms with Crippen molar-refractivity contribution in [1.82, 2.24) is 0 Å². The van der Waals surface area contributed by atoms with Crippen molar-refractivity contribution in [2.45, 2.75) is 46.5 Å². The molecule has 3 rings (SSSR count). The summed E-state index contributed by atoms with van der Waals surface area (Å²) in [6.45, 7) is 7.14. The normalized spacial score (nSPS) is 28.6. The monoisotopic (exact) mass is 411 g/mol. The van der Waals surface area contributed by atoms with Crippen LogP contribution in [-0.2, 0) is 0 Å². The molecule has 2 aliphatic rings. The molecular formula is C20H25FI-. The molecule has 1 aromatic carbocycles. The molecule has 2 heteroatoms. The Hall–Kier alpha value is -0.640. The third kappa shape index (κ3) is 3.17. The van der Waals surface area contributed by atoms with Gasteiger partial charge in [-0.25, -0.2) is 0 Å². The molecule has 1 aliphatic heterocycles. The fraction of sp³-hybridized carbons (Fsp3) is 0.500. The van der Waals surface area contributed by atoms with Crippen LogP contribution in [0.25, 0.3) is 9.66 Å². The zero-order valence-corrected chi connectivity index (χ0v) is 15.9. The molecule has 1 fully saturated rings. The minimum atomic E-state index is -0.110. The second-order valence-electron chi connectivity index (χ2n) is 7.30. The van der Waals surface area contributed by atoms with Crippen LogP contribution in [0.5, 0.6) is 0 Å². The number of fused-ring (bicyclic) bond motifs is 1. The van der Waals surface area contributed by atoms with E-state index in [0.717, 1.165) is 11.1 Å². The maximum atomic E-state index is 13.8. The number of rotatable bonds is 2. The Morgan fingerprint density at radius 2 is 1.95 bits per heavy atom. The summed E-state index contributed by atoms with van der Waals surface area (Å²) < 4.78 is 18.4. The summed E-state index contributed by atoms with van der Waals surface area (Å²) in [7, 11) is 0. The minimum absolute atomic E-state index is 0.0402. The zero-order valence-electron chi connectivity index (χ0n) is 13.7. The Balaban J connectivity index is 1.97. The van der Waals surface area contributed by atoms with Gasteiger partial charge < -0.3 is 0 Å². The van der Waals surface area contributed by atoms with Crippen molar-refractivity contribution in [2.24, 2.45) is 17.3 Å². The standard InChI is InChI=1S/C20H25FI/c1-14(2)20(3)9-6-15(7-10-20)18-8-11-22-13-16-4-5-17(21)12-19(16)18/h4-5,8,11-15H,6-7,9-10H2,1-3H3/q-1. The van der Waals surface area contributed by atoms with Gasteiger partial charge in [0.1, 0.15) is 0 Å². The summed E-state index contributed by atoms with van der Waals surface area (Å²) in [5.74, 6) is 1.23. The van der Waals surface area contributed by atoms with Crippen LogP contribution in [0.3, 0.4) is 0 Å². The molecule has 0 bridgehead atoms. The van der Waals surface area contributed by atoms with Crippen molar-refractivity contribution >= 4 is 9.66 Å². The van der Waals surface area contributed by atoms with Gasteiger partial charge in [-0.2, -0.15) is 0 Å². The molecule has 0 spiro atoms. The number of hydrogen-bond acceptors (Lipinski definition) is 0. The molecule has 22 heavy (non-hydrogen) atoms. The van der Waals surface area contributed by atoms with E-state index >= 15 is 0 Å². The molecule has 0 N–H and O–H groups in total. The topological polar surface area (TPSA) is 0 Å². The van der Waals surface area contributed by atoms with Gasteiger partial charge in [-0.3, -0.25) is 0 Å². The second kappa shape index (κ2) is 6.46. The first-order valence-electron chi connectivity index (χ1n) is 8.28. The van der Waals surface area contributed by atoms with Crippen LogP contribution in [0, 0.1) is 23.1 Å². The van der Waals surface area contributed by atoms with Crippen molar-refractivity contribution < 1.29 is 25.6 Å². The summed E-state index contributed by atoms with van der Waals surface area (Å²) in [5, 5.41) is 2.39. The fourth-order valence-electron chi connectivity index (χ4n) is 3.69. The molecular weight excluding hydrogens is 386 g/mol.